The fourth-order valence-electron chi connectivity index (χ4n) is 2.81. The lowest BCUT2D eigenvalue weighted by Crippen LogP contribution is -2.44. The zero-order valence-corrected chi connectivity index (χ0v) is 13.5. The molecule has 2 heterocycles. The maximum Gasteiger partial charge on any atom is 0.113 e. The molecule has 0 saturated carbocycles. The first kappa shape index (κ1) is 15.0. The lowest BCUT2D eigenvalue weighted by molar-refractivity contribution is 0.182. The third-order valence-corrected chi connectivity index (χ3v) is 4.94. The number of nitrogens with one attached hydrogen (secondary N) is 1. The largest absolute Gasteiger partial charge is 0.306 e. The average Bonchev–Trinajstić information content (AvgIpc) is 2.92. The number of hydrogen-bond donors (Lipinski definition) is 1. The van der Waals surface area contributed by atoms with E-state index in [1.807, 2.05) is 0 Å². The summed E-state index contributed by atoms with van der Waals surface area (Å²) in [6, 6.07) is 11.2. The molecule has 1 aliphatic heterocycles. The number of nitrogens with zero attached hydrogens (tertiary/aromatic N) is 2. The molecule has 1 N–H and O–H groups in total. The number of halogens is 1. The van der Waals surface area contributed by atoms with E-state index in [4.69, 9.17) is 11.6 Å². The molecule has 1 fully saturated rings. The standard InChI is InChI=1S/C16H20ClN3S/c17-15-9-19-16(21-15)10-18-14-7-4-8-20(12-14)11-13-5-2-1-3-6-13/h1-3,5-6,9,14,18H,4,7-8,10-12H2. The summed E-state index contributed by atoms with van der Waals surface area (Å²) in [7, 11) is 0. The van der Waals surface area contributed by atoms with Gasteiger partial charge in [-0.3, -0.25) is 4.90 Å². The first-order chi connectivity index (χ1) is 10.3. The summed E-state index contributed by atoms with van der Waals surface area (Å²) in [6.45, 7) is 4.16. The first-order valence-electron chi connectivity index (χ1n) is 7.39. The quantitative estimate of drug-likeness (QED) is 0.913. The number of hydrogen-bond acceptors (Lipinski definition) is 4. The van der Waals surface area contributed by atoms with Crippen LogP contribution in [0.1, 0.15) is 23.4 Å². The molecule has 3 rings (SSSR count). The number of piperidine rings is 1. The minimum absolute atomic E-state index is 0.546. The number of rotatable bonds is 5. The third kappa shape index (κ3) is 4.51. The van der Waals surface area contributed by atoms with E-state index in [9.17, 15) is 0 Å². The summed E-state index contributed by atoms with van der Waals surface area (Å²) in [5.41, 5.74) is 1.39. The smallest absolute Gasteiger partial charge is 0.113 e. The van der Waals surface area contributed by atoms with Crippen molar-refractivity contribution in [1.82, 2.24) is 15.2 Å². The maximum absolute atomic E-state index is 5.92. The zero-order valence-electron chi connectivity index (χ0n) is 12.0. The lowest BCUT2D eigenvalue weighted by Gasteiger charge is -2.33. The zero-order chi connectivity index (χ0) is 14.5. The molecule has 5 heteroatoms. The Balaban J connectivity index is 1.49. The molecule has 1 aromatic carbocycles. The van der Waals surface area contributed by atoms with Gasteiger partial charge in [0.15, 0.2) is 0 Å². The fraction of sp³-hybridized carbons (Fsp3) is 0.438. The van der Waals surface area contributed by atoms with Crippen LogP contribution in [-0.2, 0) is 13.1 Å². The number of benzene rings is 1. The highest BCUT2D eigenvalue weighted by atomic mass is 35.5. The SMILES string of the molecule is Clc1cnc(CNC2CCCN(Cc3ccccc3)C2)s1. The highest BCUT2D eigenvalue weighted by Crippen LogP contribution is 2.19. The van der Waals surface area contributed by atoms with Gasteiger partial charge in [0.05, 0.1) is 6.20 Å². The van der Waals surface area contributed by atoms with Crippen molar-refractivity contribution in [2.24, 2.45) is 0 Å². The summed E-state index contributed by atoms with van der Waals surface area (Å²) in [6.07, 6.45) is 4.22. The molecule has 1 saturated heterocycles. The van der Waals surface area contributed by atoms with E-state index < -0.39 is 0 Å². The summed E-state index contributed by atoms with van der Waals surface area (Å²) in [5, 5.41) is 4.68. The number of aromatic nitrogens is 1. The number of thiazole rings is 1. The van der Waals surface area contributed by atoms with Gasteiger partial charge >= 0.3 is 0 Å². The Morgan fingerprint density at radius 1 is 1.33 bits per heavy atom. The highest BCUT2D eigenvalue weighted by molar-refractivity contribution is 7.15. The second-order valence-corrected chi connectivity index (χ2v) is 7.25. The summed E-state index contributed by atoms with van der Waals surface area (Å²) in [4.78, 5) is 6.83. The predicted octanol–water partition coefficient (Wildman–Crippen LogP) is 3.55. The van der Waals surface area contributed by atoms with Crippen LogP contribution in [0.2, 0.25) is 4.34 Å². The molecule has 1 aromatic heterocycles. The predicted molar refractivity (Wildman–Crippen MR) is 88.7 cm³/mol. The van der Waals surface area contributed by atoms with Crippen molar-refractivity contribution >= 4 is 22.9 Å². The lowest BCUT2D eigenvalue weighted by atomic mass is 10.0. The average molecular weight is 322 g/mol. The molecule has 3 nitrogen and oxygen atoms in total. The summed E-state index contributed by atoms with van der Waals surface area (Å²) in [5.74, 6) is 0. The fourth-order valence-corrected chi connectivity index (χ4v) is 3.72. The highest BCUT2D eigenvalue weighted by Gasteiger charge is 2.19. The van der Waals surface area contributed by atoms with Crippen molar-refractivity contribution in [3.63, 3.8) is 0 Å². The van der Waals surface area contributed by atoms with Crippen LogP contribution in [-0.4, -0.2) is 29.0 Å². The van der Waals surface area contributed by atoms with Gasteiger partial charge in [0.1, 0.15) is 9.34 Å². The van der Waals surface area contributed by atoms with Crippen LogP contribution < -0.4 is 5.32 Å². The molecular weight excluding hydrogens is 302 g/mol. The first-order valence-corrected chi connectivity index (χ1v) is 8.59. The van der Waals surface area contributed by atoms with E-state index in [0.29, 0.717) is 6.04 Å². The van der Waals surface area contributed by atoms with Crippen molar-refractivity contribution < 1.29 is 0 Å². The van der Waals surface area contributed by atoms with Crippen LogP contribution in [0.15, 0.2) is 36.5 Å². The van der Waals surface area contributed by atoms with Crippen molar-refractivity contribution in [1.29, 1.82) is 0 Å². The Labute approximate surface area is 135 Å². The van der Waals surface area contributed by atoms with E-state index in [2.05, 4.69) is 45.5 Å². The van der Waals surface area contributed by atoms with Crippen LogP contribution in [0.3, 0.4) is 0 Å². The Hall–Kier alpha value is -0.940. The van der Waals surface area contributed by atoms with Crippen LogP contribution in [0.25, 0.3) is 0 Å². The molecule has 1 aliphatic rings. The van der Waals surface area contributed by atoms with Gasteiger partial charge in [-0.25, -0.2) is 4.98 Å². The van der Waals surface area contributed by atoms with Gasteiger partial charge in [-0.05, 0) is 24.9 Å². The molecule has 112 valence electrons. The molecule has 0 radical (unpaired) electrons. The second-order valence-electron chi connectivity index (χ2n) is 5.50. The monoisotopic (exact) mass is 321 g/mol. The maximum atomic E-state index is 5.92. The Morgan fingerprint density at radius 3 is 2.95 bits per heavy atom. The second kappa shape index (κ2) is 7.36. The van der Waals surface area contributed by atoms with E-state index >= 15 is 0 Å². The topological polar surface area (TPSA) is 28.2 Å². The number of likely N-dealkylation sites (tertiary alicyclic amines) is 1. The van der Waals surface area contributed by atoms with E-state index in [-0.39, 0.29) is 0 Å². The van der Waals surface area contributed by atoms with Gasteiger partial charge < -0.3 is 5.32 Å². The van der Waals surface area contributed by atoms with Crippen LogP contribution in [0, 0.1) is 0 Å². The van der Waals surface area contributed by atoms with E-state index in [0.717, 1.165) is 29.0 Å². The molecule has 2 aromatic rings. The van der Waals surface area contributed by atoms with Crippen LogP contribution in [0.5, 0.6) is 0 Å². The normalized spacial score (nSPS) is 19.8. The van der Waals surface area contributed by atoms with Crippen LogP contribution in [0.4, 0.5) is 0 Å². The van der Waals surface area contributed by atoms with Crippen LogP contribution >= 0.6 is 22.9 Å². The van der Waals surface area contributed by atoms with Gasteiger partial charge in [-0.15, -0.1) is 11.3 Å². The van der Waals surface area contributed by atoms with E-state index in [1.165, 1.54) is 24.9 Å². The molecule has 21 heavy (non-hydrogen) atoms. The third-order valence-electron chi connectivity index (χ3n) is 3.82. The Morgan fingerprint density at radius 2 is 2.19 bits per heavy atom. The molecule has 0 bridgehead atoms. The molecule has 1 unspecified atom stereocenters. The van der Waals surface area contributed by atoms with Crippen molar-refractivity contribution in [2.75, 3.05) is 13.1 Å². The molecule has 1 atom stereocenters. The van der Waals surface area contributed by atoms with Gasteiger partial charge in [-0.1, -0.05) is 41.9 Å². The van der Waals surface area contributed by atoms with E-state index in [1.54, 1.807) is 17.5 Å². The minimum atomic E-state index is 0.546. The molecule has 0 spiro atoms. The van der Waals surface area contributed by atoms with Crippen molar-refractivity contribution in [3.8, 4) is 0 Å². The van der Waals surface area contributed by atoms with Gasteiger partial charge in [0.25, 0.3) is 0 Å². The van der Waals surface area contributed by atoms with Gasteiger partial charge in [0.2, 0.25) is 0 Å². The Bertz CT molecular complexity index is 558. The van der Waals surface area contributed by atoms with Crippen molar-refractivity contribution in [3.05, 3.63) is 51.4 Å². The minimum Gasteiger partial charge on any atom is -0.306 e. The Kier molecular flexibility index (Phi) is 5.25. The summed E-state index contributed by atoms with van der Waals surface area (Å²) >= 11 is 7.47. The molecule has 0 aliphatic carbocycles. The summed E-state index contributed by atoms with van der Waals surface area (Å²) < 4.78 is 0.765. The van der Waals surface area contributed by atoms with Gasteiger partial charge in [0, 0.05) is 25.7 Å². The molecular formula is C16H20ClN3S. The molecule has 0 amide bonds. The van der Waals surface area contributed by atoms with Crippen molar-refractivity contribution in [2.45, 2.75) is 32.0 Å². The van der Waals surface area contributed by atoms with Gasteiger partial charge in [-0.2, -0.15) is 0 Å².